The average Bonchev–Trinajstić information content (AvgIpc) is 2.19. The molecule has 1 aliphatic carbocycles. The Morgan fingerprint density at radius 1 is 1.47 bits per heavy atom. The quantitative estimate of drug-likeness (QED) is 0.619. The highest BCUT2D eigenvalue weighted by Gasteiger charge is 2.34. The van der Waals surface area contributed by atoms with Gasteiger partial charge in [-0.25, -0.2) is 0 Å². The molecule has 0 spiro atoms. The molecule has 4 heteroatoms. The molecule has 0 heterocycles. The molecule has 1 rings (SSSR count). The van der Waals surface area contributed by atoms with Gasteiger partial charge in [0.25, 0.3) is 0 Å². The highest BCUT2D eigenvalue weighted by Crippen LogP contribution is 2.30. The van der Waals surface area contributed by atoms with Crippen molar-refractivity contribution in [1.29, 1.82) is 0 Å². The van der Waals surface area contributed by atoms with Crippen molar-refractivity contribution in [3.63, 3.8) is 0 Å². The Morgan fingerprint density at radius 2 is 2.20 bits per heavy atom. The monoisotopic (exact) mass is 215 g/mol. The van der Waals surface area contributed by atoms with E-state index in [2.05, 4.69) is 5.32 Å². The fraction of sp³-hybridized carbons (Fsp3) is 0.909. The Kier molecular flexibility index (Phi) is 5.05. The van der Waals surface area contributed by atoms with Gasteiger partial charge in [-0.05, 0) is 25.7 Å². The molecule has 0 unspecified atom stereocenters. The summed E-state index contributed by atoms with van der Waals surface area (Å²) in [7, 11) is 0. The number of nitrogens with one attached hydrogen (secondary N) is 1. The zero-order valence-corrected chi connectivity index (χ0v) is 9.42. The summed E-state index contributed by atoms with van der Waals surface area (Å²) in [5.74, 6) is -0.0357. The van der Waals surface area contributed by atoms with Crippen molar-refractivity contribution in [3.05, 3.63) is 0 Å². The van der Waals surface area contributed by atoms with Crippen molar-refractivity contribution in [2.24, 2.45) is 0 Å². The van der Waals surface area contributed by atoms with Gasteiger partial charge in [-0.15, -0.1) is 0 Å². The Balaban J connectivity index is 1.98. The van der Waals surface area contributed by atoms with Crippen LogP contribution >= 0.6 is 0 Å². The van der Waals surface area contributed by atoms with E-state index in [0.29, 0.717) is 26.2 Å². The first kappa shape index (κ1) is 12.5. The molecule has 0 atom stereocenters. The highest BCUT2D eigenvalue weighted by atomic mass is 16.5. The van der Waals surface area contributed by atoms with Gasteiger partial charge in [0.2, 0.25) is 5.91 Å². The van der Waals surface area contributed by atoms with Crippen molar-refractivity contribution < 1.29 is 14.6 Å². The van der Waals surface area contributed by atoms with Crippen LogP contribution < -0.4 is 5.32 Å². The van der Waals surface area contributed by atoms with E-state index in [9.17, 15) is 9.90 Å². The Bertz CT molecular complexity index is 202. The molecule has 2 N–H and O–H groups in total. The van der Waals surface area contributed by atoms with Gasteiger partial charge in [-0.2, -0.15) is 0 Å². The molecule has 1 aliphatic rings. The van der Waals surface area contributed by atoms with Crippen molar-refractivity contribution in [2.45, 2.75) is 44.6 Å². The second kappa shape index (κ2) is 6.08. The first-order chi connectivity index (χ1) is 7.16. The molecule has 1 fully saturated rings. The van der Waals surface area contributed by atoms with Crippen molar-refractivity contribution in [3.8, 4) is 0 Å². The summed E-state index contributed by atoms with van der Waals surface area (Å²) in [6.45, 7) is 3.60. The van der Waals surface area contributed by atoms with Crippen LogP contribution in [0.5, 0.6) is 0 Å². The van der Waals surface area contributed by atoms with Crippen LogP contribution in [0.25, 0.3) is 0 Å². The fourth-order valence-electron chi connectivity index (χ4n) is 1.52. The number of amides is 1. The molecule has 15 heavy (non-hydrogen) atoms. The molecule has 0 aromatic carbocycles. The van der Waals surface area contributed by atoms with E-state index < -0.39 is 5.60 Å². The van der Waals surface area contributed by atoms with Gasteiger partial charge in [-0.1, -0.05) is 6.92 Å². The summed E-state index contributed by atoms with van der Waals surface area (Å²) in [5, 5.41) is 12.5. The maximum atomic E-state index is 11.3. The highest BCUT2D eigenvalue weighted by molar-refractivity contribution is 5.76. The van der Waals surface area contributed by atoms with Gasteiger partial charge in [-0.3, -0.25) is 4.79 Å². The first-order valence-electron chi connectivity index (χ1n) is 5.73. The third kappa shape index (κ3) is 4.62. The predicted molar refractivity (Wildman–Crippen MR) is 57.5 cm³/mol. The number of rotatable bonds is 7. The van der Waals surface area contributed by atoms with Crippen LogP contribution in [0.3, 0.4) is 0 Å². The van der Waals surface area contributed by atoms with E-state index in [4.69, 9.17) is 4.74 Å². The lowest BCUT2D eigenvalue weighted by Gasteiger charge is -2.36. The van der Waals surface area contributed by atoms with E-state index in [0.717, 1.165) is 25.7 Å². The second-order valence-corrected chi connectivity index (χ2v) is 4.22. The maximum absolute atomic E-state index is 11.3. The third-order valence-electron chi connectivity index (χ3n) is 2.72. The molecule has 4 nitrogen and oxygen atoms in total. The van der Waals surface area contributed by atoms with E-state index in [1.807, 2.05) is 6.92 Å². The number of hydrogen-bond donors (Lipinski definition) is 2. The van der Waals surface area contributed by atoms with Gasteiger partial charge in [0.05, 0.1) is 12.2 Å². The van der Waals surface area contributed by atoms with Gasteiger partial charge in [0.15, 0.2) is 0 Å². The molecule has 0 radical (unpaired) electrons. The first-order valence-corrected chi connectivity index (χ1v) is 5.73. The molecular weight excluding hydrogens is 194 g/mol. The Labute approximate surface area is 91.0 Å². The summed E-state index contributed by atoms with van der Waals surface area (Å²) in [6, 6.07) is 0. The number of hydrogen-bond acceptors (Lipinski definition) is 3. The van der Waals surface area contributed by atoms with E-state index >= 15 is 0 Å². The van der Waals surface area contributed by atoms with Crippen LogP contribution in [-0.2, 0) is 9.53 Å². The Hall–Kier alpha value is -0.610. The normalized spacial score (nSPS) is 18.3. The van der Waals surface area contributed by atoms with E-state index in [1.54, 1.807) is 0 Å². The molecule has 0 bridgehead atoms. The molecule has 0 aromatic heterocycles. The molecule has 0 aromatic rings. The second-order valence-electron chi connectivity index (χ2n) is 4.22. The summed E-state index contributed by atoms with van der Waals surface area (Å²) < 4.78 is 5.20. The average molecular weight is 215 g/mol. The SMILES string of the molecule is CCCOCCC(=O)NCC1(O)CCC1. The minimum absolute atomic E-state index is 0.0357. The molecule has 0 saturated heterocycles. The smallest absolute Gasteiger partial charge is 0.222 e. The summed E-state index contributed by atoms with van der Waals surface area (Å²) in [4.78, 5) is 11.3. The lowest BCUT2D eigenvalue weighted by atomic mass is 9.80. The standard InChI is InChI=1S/C11H21NO3/c1-2-7-15-8-4-10(13)12-9-11(14)5-3-6-11/h14H,2-9H2,1H3,(H,12,13). The third-order valence-corrected chi connectivity index (χ3v) is 2.72. The van der Waals surface area contributed by atoms with Crippen LogP contribution in [0, 0.1) is 0 Å². The number of carbonyl (C=O) groups excluding carboxylic acids is 1. The lowest BCUT2D eigenvalue weighted by Crippen LogP contribution is -2.47. The van der Waals surface area contributed by atoms with Crippen molar-refractivity contribution in [2.75, 3.05) is 19.8 Å². The minimum Gasteiger partial charge on any atom is -0.388 e. The topological polar surface area (TPSA) is 58.6 Å². The number of aliphatic hydroxyl groups is 1. The van der Waals surface area contributed by atoms with Gasteiger partial charge in [0.1, 0.15) is 0 Å². The van der Waals surface area contributed by atoms with E-state index in [1.165, 1.54) is 0 Å². The maximum Gasteiger partial charge on any atom is 0.222 e. The van der Waals surface area contributed by atoms with Crippen LogP contribution in [0.1, 0.15) is 39.0 Å². The predicted octanol–water partition coefficient (Wildman–Crippen LogP) is 0.834. The zero-order chi connectivity index (χ0) is 11.1. The van der Waals surface area contributed by atoms with Crippen LogP contribution in [0.15, 0.2) is 0 Å². The molecular formula is C11H21NO3. The van der Waals surface area contributed by atoms with Crippen LogP contribution in [0.2, 0.25) is 0 Å². The zero-order valence-electron chi connectivity index (χ0n) is 9.42. The van der Waals surface area contributed by atoms with Crippen LogP contribution in [-0.4, -0.2) is 36.4 Å². The number of ether oxygens (including phenoxy) is 1. The van der Waals surface area contributed by atoms with E-state index in [-0.39, 0.29) is 5.91 Å². The lowest BCUT2D eigenvalue weighted by molar-refractivity contribution is -0.124. The molecule has 1 amide bonds. The van der Waals surface area contributed by atoms with Crippen molar-refractivity contribution in [1.82, 2.24) is 5.32 Å². The molecule has 1 saturated carbocycles. The van der Waals surface area contributed by atoms with Crippen molar-refractivity contribution >= 4 is 5.91 Å². The van der Waals surface area contributed by atoms with Gasteiger partial charge in [0, 0.05) is 19.6 Å². The summed E-state index contributed by atoms with van der Waals surface area (Å²) >= 11 is 0. The van der Waals surface area contributed by atoms with Gasteiger partial charge >= 0.3 is 0 Å². The summed E-state index contributed by atoms with van der Waals surface area (Å²) in [5.41, 5.74) is -0.625. The number of carbonyl (C=O) groups is 1. The fourth-order valence-corrected chi connectivity index (χ4v) is 1.52. The van der Waals surface area contributed by atoms with Gasteiger partial charge < -0.3 is 15.2 Å². The Morgan fingerprint density at radius 3 is 2.73 bits per heavy atom. The largest absolute Gasteiger partial charge is 0.388 e. The summed E-state index contributed by atoms with van der Waals surface area (Å²) in [6.07, 6.45) is 4.03. The molecule has 0 aliphatic heterocycles. The molecule has 88 valence electrons. The van der Waals surface area contributed by atoms with Crippen LogP contribution in [0.4, 0.5) is 0 Å². The minimum atomic E-state index is -0.625.